The third-order valence-corrected chi connectivity index (χ3v) is 3.15. The van der Waals surface area contributed by atoms with E-state index in [1.807, 2.05) is 25.2 Å². The van der Waals surface area contributed by atoms with Crippen LogP contribution in [0.1, 0.15) is 32.3 Å². The second kappa shape index (κ2) is 9.23. The average Bonchev–Trinajstić information content (AvgIpc) is 2.49. The molecule has 0 aliphatic heterocycles. The molecule has 0 aliphatic carbocycles. The fraction of sp³-hybridized carbons (Fsp3) is 0.562. The molecule has 2 amide bonds. The molecular weight excluding hydrogens is 252 g/mol. The number of hydrogen-bond donors (Lipinski definition) is 1. The van der Waals surface area contributed by atoms with Crippen LogP contribution in [0.5, 0.6) is 5.75 Å². The molecule has 0 heterocycles. The van der Waals surface area contributed by atoms with Crippen molar-refractivity contribution in [3.8, 4) is 5.75 Å². The van der Waals surface area contributed by atoms with Crippen LogP contribution in [0.15, 0.2) is 24.3 Å². The van der Waals surface area contributed by atoms with Crippen molar-refractivity contribution in [2.45, 2.75) is 33.1 Å². The maximum atomic E-state index is 11.7. The van der Waals surface area contributed by atoms with Crippen LogP contribution in [0, 0.1) is 0 Å². The number of hydrogen-bond acceptors (Lipinski definition) is 2. The van der Waals surface area contributed by atoms with Gasteiger partial charge >= 0.3 is 6.03 Å². The molecule has 112 valence electrons. The first-order chi connectivity index (χ1) is 9.67. The quantitative estimate of drug-likeness (QED) is 0.743. The van der Waals surface area contributed by atoms with Gasteiger partial charge in [0.25, 0.3) is 0 Å². The van der Waals surface area contributed by atoms with Crippen molar-refractivity contribution in [2.75, 3.05) is 26.7 Å². The minimum absolute atomic E-state index is 0.0376. The Labute approximate surface area is 122 Å². The normalized spacial score (nSPS) is 10.2. The van der Waals surface area contributed by atoms with E-state index in [0.29, 0.717) is 13.2 Å². The van der Waals surface area contributed by atoms with E-state index in [2.05, 4.69) is 25.2 Å². The van der Waals surface area contributed by atoms with E-state index < -0.39 is 0 Å². The predicted molar refractivity (Wildman–Crippen MR) is 82.3 cm³/mol. The van der Waals surface area contributed by atoms with Crippen LogP contribution in [-0.4, -0.2) is 37.7 Å². The molecule has 0 fully saturated rings. The number of rotatable bonds is 8. The van der Waals surface area contributed by atoms with Gasteiger partial charge in [-0.1, -0.05) is 32.4 Å². The number of ether oxygens (including phenoxy) is 1. The van der Waals surface area contributed by atoms with Gasteiger partial charge in [0.15, 0.2) is 0 Å². The summed E-state index contributed by atoms with van der Waals surface area (Å²) in [7, 11) is 1.82. The zero-order valence-electron chi connectivity index (χ0n) is 12.8. The monoisotopic (exact) mass is 278 g/mol. The summed E-state index contributed by atoms with van der Waals surface area (Å²) in [6.07, 6.45) is 3.12. The van der Waals surface area contributed by atoms with E-state index in [9.17, 15) is 4.79 Å². The number of urea groups is 1. The summed E-state index contributed by atoms with van der Waals surface area (Å²) in [5.41, 5.74) is 1.26. The van der Waals surface area contributed by atoms with Gasteiger partial charge < -0.3 is 15.0 Å². The SMILES string of the molecule is CCCCN(C)C(=O)NCCOc1cccc(CC)c1. The molecule has 0 aliphatic rings. The van der Waals surface area contributed by atoms with Gasteiger partial charge in [-0.15, -0.1) is 0 Å². The highest BCUT2D eigenvalue weighted by atomic mass is 16.5. The van der Waals surface area contributed by atoms with Crippen molar-refractivity contribution in [1.82, 2.24) is 10.2 Å². The van der Waals surface area contributed by atoms with Crippen molar-refractivity contribution in [3.05, 3.63) is 29.8 Å². The second-order valence-electron chi connectivity index (χ2n) is 4.86. The zero-order valence-corrected chi connectivity index (χ0v) is 12.8. The summed E-state index contributed by atoms with van der Waals surface area (Å²) in [5, 5.41) is 2.85. The highest BCUT2D eigenvalue weighted by molar-refractivity contribution is 5.73. The molecule has 20 heavy (non-hydrogen) atoms. The van der Waals surface area contributed by atoms with Crippen LogP contribution in [-0.2, 0) is 6.42 Å². The number of nitrogens with zero attached hydrogens (tertiary/aromatic N) is 1. The summed E-state index contributed by atoms with van der Waals surface area (Å²) in [6.45, 7) is 6.03. The third-order valence-electron chi connectivity index (χ3n) is 3.15. The number of unbranched alkanes of at least 4 members (excludes halogenated alkanes) is 1. The van der Waals surface area contributed by atoms with Gasteiger partial charge in [-0.25, -0.2) is 4.79 Å². The number of nitrogens with one attached hydrogen (secondary N) is 1. The summed E-state index contributed by atoms with van der Waals surface area (Å²) in [6, 6.07) is 8.01. The molecule has 4 nitrogen and oxygen atoms in total. The molecule has 0 bridgehead atoms. The number of amides is 2. The molecule has 0 spiro atoms. The van der Waals surface area contributed by atoms with Gasteiger partial charge in [-0.2, -0.15) is 0 Å². The summed E-state index contributed by atoms with van der Waals surface area (Å²) in [4.78, 5) is 13.4. The molecule has 1 aromatic rings. The van der Waals surface area contributed by atoms with Crippen LogP contribution in [0.25, 0.3) is 0 Å². The van der Waals surface area contributed by atoms with Crippen LogP contribution < -0.4 is 10.1 Å². The van der Waals surface area contributed by atoms with Crippen LogP contribution >= 0.6 is 0 Å². The summed E-state index contributed by atoms with van der Waals surface area (Å²) in [5.74, 6) is 0.859. The topological polar surface area (TPSA) is 41.6 Å². The van der Waals surface area contributed by atoms with Crippen molar-refractivity contribution >= 4 is 6.03 Å². The van der Waals surface area contributed by atoms with Crippen molar-refractivity contribution < 1.29 is 9.53 Å². The Bertz CT molecular complexity index is 407. The lowest BCUT2D eigenvalue weighted by atomic mass is 10.2. The lowest BCUT2D eigenvalue weighted by Crippen LogP contribution is -2.39. The Hall–Kier alpha value is -1.71. The summed E-state index contributed by atoms with van der Waals surface area (Å²) < 4.78 is 5.63. The van der Waals surface area contributed by atoms with E-state index in [4.69, 9.17) is 4.74 Å². The molecule has 1 N–H and O–H groups in total. The van der Waals surface area contributed by atoms with Crippen LogP contribution in [0.3, 0.4) is 0 Å². The molecule has 4 heteroatoms. The van der Waals surface area contributed by atoms with E-state index in [1.54, 1.807) is 4.90 Å². The van der Waals surface area contributed by atoms with Crippen LogP contribution in [0.2, 0.25) is 0 Å². The van der Waals surface area contributed by atoms with E-state index in [-0.39, 0.29) is 6.03 Å². The van der Waals surface area contributed by atoms with E-state index >= 15 is 0 Å². The fourth-order valence-corrected chi connectivity index (χ4v) is 1.81. The minimum atomic E-state index is -0.0376. The third kappa shape index (κ3) is 5.95. The van der Waals surface area contributed by atoms with Gasteiger partial charge in [0.2, 0.25) is 0 Å². The first kappa shape index (κ1) is 16.3. The zero-order chi connectivity index (χ0) is 14.8. The molecule has 0 saturated carbocycles. The first-order valence-electron chi connectivity index (χ1n) is 7.38. The van der Waals surface area contributed by atoms with Crippen molar-refractivity contribution in [3.63, 3.8) is 0 Å². The molecule has 0 radical (unpaired) electrons. The van der Waals surface area contributed by atoms with E-state index in [1.165, 1.54) is 5.56 Å². The lowest BCUT2D eigenvalue weighted by Gasteiger charge is -2.17. The maximum absolute atomic E-state index is 11.7. The largest absolute Gasteiger partial charge is 0.492 e. The first-order valence-corrected chi connectivity index (χ1v) is 7.38. The Morgan fingerprint density at radius 1 is 1.35 bits per heavy atom. The summed E-state index contributed by atoms with van der Waals surface area (Å²) >= 11 is 0. The molecular formula is C16H26N2O2. The fourth-order valence-electron chi connectivity index (χ4n) is 1.81. The van der Waals surface area contributed by atoms with Gasteiger partial charge in [0.05, 0.1) is 6.54 Å². The molecule has 0 unspecified atom stereocenters. The predicted octanol–water partition coefficient (Wildman–Crippen LogP) is 3.07. The number of carbonyl (C=O) groups excluding carboxylic acids is 1. The lowest BCUT2D eigenvalue weighted by molar-refractivity contribution is 0.204. The Balaban J connectivity index is 2.22. The highest BCUT2D eigenvalue weighted by Gasteiger charge is 2.06. The van der Waals surface area contributed by atoms with Crippen molar-refractivity contribution in [1.29, 1.82) is 0 Å². The highest BCUT2D eigenvalue weighted by Crippen LogP contribution is 2.13. The van der Waals surface area contributed by atoms with Crippen LogP contribution in [0.4, 0.5) is 4.79 Å². The minimum Gasteiger partial charge on any atom is -0.492 e. The maximum Gasteiger partial charge on any atom is 0.317 e. The van der Waals surface area contributed by atoms with Gasteiger partial charge in [-0.3, -0.25) is 0 Å². The van der Waals surface area contributed by atoms with Gasteiger partial charge in [0.1, 0.15) is 12.4 Å². The number of benzene rings is 1. The van der Waals surface area contributed by atoms with Crippen molar-refractivity contribution in [2.24, 2.45) is 0 Å². The average molecular weight is 278 g/mol. The Morgan fingerprint density at radius 3 is 2.85 bits per heavy atom. The second-order valence-corrected chi connectivity index (χ2v) is 4.86. The molecule has 0 atom stereocenters. The number of carbonyl (C=O) groups is 1. The molecule has 1 rings (SSSR count). The van der Waals surface area contributed by atoms with Gasteiger partial charge in [0, 0.05) is 13.6 Å². The standard InChI is InChI=1S/C16H26N2O2/c1-4-6-11-18(3)16(19)17-10-12-20-15-9-7-8-14(5-2)13-15/h7-9,13H,4-6,10-12H2,1-3H3,(H,17,19). The smallest absolute Gasteiger partial charge is 0.317 e. The Morgan fingerprint density at radius 2 is 2.15 bits per heavy atom. The molecule has 0 saturated heterocycles. The molecule has 0 aromatic heterocycles. The van der Waals surface area contributed by atoms with Gasteiger partial charge in [-0.05, 0) is 30.5 Å². The molecule has 1 aromatic carbocycles. The number of aryl methyl sites for hydroxylation is 1. The van der Waals surface area contributed by atoms with E-state index in [0.717, 1.165) is 31.6 Å². The Kier molecular flexibility index (Phi) is 7.55.